The minimum atomic E-state index is -5.72. The Balaban J connectivity index is 2.55. The SMILES string of the molecule is O=C(/C=C/c1ccc(OS(=O)(=O)O)c(OS(=O)(=O)O)c1)O[C@@H]1C[C@](OS(=O)(=O)O)(C(=O)O)C[C@@H](OS(=O)(=O)O)[C@H]1OS(=O)(=O)O. The lowest BCUT2D eigenvalue weighted by Gasteiger charge is -2.42. The molecule has 1 aromatic carbocycles. The normalized spacial score (nSPS) is 23.4. The molecule has 0 amide bonds. The minimum Gasteiger partial charge on any atom is -0.479 e. The maximum Gasteiger partial charge on any atom is 0.446 e. The van der Waals surface area contributed by atoms with Crippen LogP contribution >= 0.6 is 0 Å². The molecule has 0 aromatic heterocycles. The van der Waals surface area contributed by atoms with Crippen molar-refractivity contribution in [2.45, 2.75) is 36.8 Å². The predicted molar refractivity (Wildman–Crippen MR) is 135 cm³/mol. The van der Waals surface area contributed by atoms with Gasteiger partial charge in [0.2, 0.25) is 0 Å². The number of hydrogen-bond acceptors (Lipinski definition) is 18. The zero-order chi connectivity index (χ0) is 34.8. The third-order valence-electron chi connectivity index (χ3n) is 4.96. The van der Waals surface area contributed by atoms with Crippen LogP contribution in [0.2, 0.25) is 0 Å². The van der Waals surface area contributed by atoms with Crippen molar-refractivity contribution < 1.29 is 105 Å². The Morgan fingerprint density at radius 3 is 1.69 bits per heavy atom. The van der Waals surface area contributed by atoms with Crippen LogP contribution in [0.25, 0.3) is 6.08 Å². The number of carboxylic acid groups (broad SMARTS) is 1. The molecule has 0 spiro atoms. The van der Waals surface area contributed by atoms with Gasteiger partial charge in [0, 0.05) is 18.9 Å². The number of carbonyl (C=O) groups is 2. The highest BCUT2D eigenvalue weighted by Gasteiger charge is 2.58. The van der Waals surface area contributed by atoms with Crippen LogP contribution in [0.15, 0.2) is 24.3 Å². The molecule has 29 heteroatoms. The zero-order valence-electron chi connectivity index (χ0n) is 21.1. The fourth-order valence-corrected chi connectivity index (χ4v) is 6.00. The van der Waals surface area contributed by atoms with E-state index in [9.17, 15) is 56.8 Å². The number of carbonyl (C=O) groups excluding carboxylic acids is 1. The lowest BCUT2D eigenvalue weighted by atomic mass is 9.79. The molecule has 1 aliphatic rings. The smallest absolute Gasteiger partial charge is 0.446 e. The van der Waals surface area contributed by atoms with Gasteiger partial charge in [-0.1, -0.05) is 6.07 Å². The Bertz CT molecular complexity index is 1890. The second-order valence-corrected chi connectivity index (χ2v) is 13.5. The summed E-state index contributed by atoms with van der Waals surface area (Å²) in [5.74, 6) is -6.04. The minimum absolute atomic E-state index is 0.315. The highest BCUT2D eigenvalue weighted by molar-refractivity contribution is 7.82. The average Bonchev–Trinajstić information content (AvgIpc) is 2.76. The summed E-state index contributed by atoms with van der Waals surface area (Å²) in [6, 6.07) is 2.10. The molecule has 0 unspecified atom stereocenters. The summed E-state index contributed by atoms with van der Waals surface area (Å²) in [6.45, 7) is 0. The van der Waals surface area contributed by atoms with E-state index in [-0.39, 0.29) is 5.56 Å². The molecular weight excluding hydrogens is 736 g/mol. The van der Waals surface area contributed by atoms with Gasteiger partial charge in [-0.15, -0.1) is 0 Å². The van der Waals surface area contributed by atoms with Crippen molar-refractivity contribution in [3.8, 4) is 11.5 Å². The monoisotopic (exact) mass is 754 g/mol. The highest BCUT2D eigenvalue weighted by Crippen LogP contribution is 2.39. The third-order valence-corrected chi connectivity index (χ3v) is 7.23. The van der Waals surface area contributed by atoms with E-state index in [1.165, 1.54) is 0 Å². The molecule has 0 bridgehead atoms. The van der Waals surface area contributed by atoms with Gasteiger partial charge in [0.1, 0.15) is 18.3 Å². The van der Waals surface area contributed by atoms with Gasteiger partial charge in [0.25, 0.3) is 0 Å². The van der Waals surface area contributed by atoms with Crippen molar-refractivity contribution >= 4 is 70.0 Å². The van der Waals surface area contributed by atoms with Crippen LogP contribution in [-0.4, -0.2) is 106 Å². The van der Waals surface area contributed by atoms with E-state index in [1.54, 1.807) is 0 Å². The van der Waals surface area contributed by atoms with E-state index in [1.807, 2.05) is 0 Å². The van der Waals surface area contributed by atoms with Gasteiger partial charge in [0.15, 0.2) is 17.1 Å². The first kappa shape index (κ1) is 38.1. The standard InChI is InChI=1S/C16H18O24S5/c17-13(4-2-8-1-3-9(36-41(20,21)22)10(5-8)37-42(23,24)25)35-11-6-16(15(18)19,40-45(32,33)34)7-12(38-43(26,27)28)14(11)39-44(29,30)31/h1-5,11-12,14H,6-7H2,(H,18,19)(H,20,21,22)(H,23,24,25)(H,26,27,28)(H,29,30,31)(H,32,33,34)/b4-2+/t11-,12-,14+,16-/m1/s1. The number of ether oxygens (including phenoxy) is 1. The van der Waals surface area contributed by atoms with Crippen LogP contribution < -0.4 is 8.37 Å². The molecule has 1 aliphatic carbocycles. The van der Waals surface area contributed by atoms with Crippen molar-refractivity contribution in [3.05, 3.63) is 29.8 Å². The van der Waals surface area contributed by atoms with Crippen molar-refractivity contribution in [2.75, 3.05) is 0 Å². The molecule has 0 radical (unpaired) electrons. The summed E-state index contributed by atoms with van der Waals surface area (Å²) in [6.07, 6.45) is -9.61. The van der Waals surface area contributed by atoms with Crippen LogP contribution in [0, 0.1) is 0 Å². The molecule has 2 rings (SSSR count). The van der Waals surface area contributed by atoms with Crippen LogP contribution in [0.5, 0.6) is 11.5 Å². The summed E-state index contributed by atoms with van der Waals surface area (Å²) < 4.78 is 183. The van der Waals surface area contributed by atoms with Crippen molar-refractivity contribution in [2.24, 2.45) is 0 Å². The molecule has 1 saturated carbocycles. The first-order valence-corrected chi connectivity index (χ1v) is 17.5. The Kier molecular flexibility index (Phi) is 11.3. The summed E-state index contributed by atoms with van der Waals surface area (Å²) >= 11 is 0. The number of rotatable bonds is 14. The number of benzene rings is 1. The molecule has 24 nitrogen and oxygen atoms in total. The quantitative estimate of drug-likeness (QED) is 0.0665. The van der Waals surface area contributed by atoms with Gasteiger partial charge in [0.05, 0.1) is 0 Å². The largest absolute Gasteiger partial charge is 0.479 e. The maximum absolute atomic E-state index is 12.6. The third kappa shape index (κ3) is 13.1. The average molecular weight is 755 g/mol. The lowest BCUT2D eigenvalue weighted by Crippen LogP contribution is -2.60. The predicted octanol–water partition coefficient (Wildman–Crippen LogP) is -2.21. The van der Waals surface area contributed by atoms with Gasteiger partial charge in [-0.05, 0) is 23.8 Å². The van der Waals surface area contributed by atoms with Crippen LogP contribution in [0.3, 0.4) is 0 Å². The summed E-state index contributed by atoms with van der Waals surface area (Å²) in [4.78, 5) is 24.6. The molecule has 45 heavy (non-hydrogen) atoms. The molecule has 1 aromatic rings. The first-order valence-electron chi connectivity index (χ1n) is 10.7. The first-order chi connectivity index (χ1) is 20.1. The van der Waals surface area contributed by atoms with Gasteiger partial charge in [-0.25, -0.2) is 22.1 Å². The number of hydrogen-bond donors (Lipinski definition) is 6. The number of aliphatic carboxylic acids is 1. The van der Waals surface area contributed by atoms with E-state index >= 15 is 0 Å². The molecular formula is C16H18O24S5. The molecule has 4 atom stereocenters. The van der Waals surface area contributed by atoms with E-state index in [0.29, 0.717) is 24.3 Å². The van der Waals surface area contributed by atoms with Crippen molar-refractivity contribution in [1.82, 2.24) is 0 Å². The maximum atomic E-state index is 12.6. The van der Waals surface area contributed by atoms with Gasteiger partial charge in [-0.2, -0.15) is 42.1 Å². The lowest BCUT2D eigenvalue weighted by molar-refractivity contribution is -0.186. The van der Waals surface area contributed by atoms with Gasteiger partial charge >= 0.3 is 63.9 Å². The molecule has 0 aliphatic heterocycles. The Morgan fingerprint density at radius 2 is 1.22 bits per heavy atom. The van der Waals surface area contributed by atoms with Crippen LogP contribution in [-0.2, 0) is 78.9 Å². The number of carboxylic acids is 1. The molecule has 1 fully saturated rings. The second-order valence-electron chi connectivity index (χ2n) is 8.31. The van der Waals surface area contributed by atoms with Crippen molar-refractivity contribution in [1.29, 1.82) is 0 Å². The topological polar surface area (TPSA) is 382 Å². The van der Waals surface area contributed by atoms with Crippen LogP contribution in [0.4, 0.5) is 0 Å². The van der Waals surface area contributed by atoms with E-state index in [2.05, 4.69) is 20.9 Å². The fourth-order valence-electron chi connectivity index (χ4n) is 3.64. The molecule has 256 valence electrons. The molecule has 0 saturated heterocycles. The van der Waals surface area contributed by atoms with Crippen LogP contribution in [0.1, 0.15) is 18.4 Å². The Labute approximate surface area is 252 Å². The highest BCUT2D eigenvalue weighted by atomic mass is 32.3. The van der Waals surface area contributed by atoms with Crippen molar-refractivity contribution in [3.63, 3.8) is 0 Å². The Morgan fingerprint density at radius 1 is 0.711 bits per heavy atom. The van der Waals surface area contributed by atoms with E-state index < -0.39 is 112 Å². The van der Waals surface area contributed by atoms with Gasteiger partial charge < -0.3 is 18.2 Å². The fraction of sp³-hybridized carbons (Fsp3) is 0.375. The van der Waals surface area contributed by atoms with E-state index in [0.717, 1.165) is 6.07 Å². The van der Waals surface area contributed by atoms with E-state index in [4.69, 9.17) is 27.5 Å². The second kappa shape index (κ2) is 13.3. The summed E-state index contributed by atoms with van der Waals surface area (Å²) in [5.41, 5.74) is -3.62. The summed E-state index contributed by atoms with van der Waals surface area (Å²) in [7, 11) is -27.6. The summed E-state index contributed by atoms with van der Waals surface area (Å²) in [5, 5.41) is 9.62. The zero-order valence-corrected chi connectivity index (χ0v) is 25.2. The number of esters is 1. The Hall–Kier alpha value is -3.07. The molecule has 6 N–H and O–H groups in total. The molecule has 0 heterocycles. The van der Waals surface area contributed by atoms with Gasteiger partial charge in [-0.3, -0.25) is 22.8 Å².